The molecule has 1 amide bonds. The lowest BCUT2D eigenvalue weighted by Crippen LogP contribution is -2.28. The maximum atomic E-state index is 13.4. The molecule has 4 rings (SSSR count). The third-order valence-electron chi connectivity index (χ3n) is 6.29. The molecule has 0 radical (unpaired) electrons. The number of aliphatic hydroxyl groups excluding tert-OH is 2. The average Bonchev–Trinajstić information content (AvgIpc) is 3.44. The Morgan fingerprint density at radius 1 is 1.23 bits per heavy atom. The predicted octanol–water partition coefficient (Wildman–Crippen LogP) is 4.34. The molecular weight excluding hydrogens is 472 g/mol. The molecule has 0 saturated heterocycles. The lowest BCUT2D eigenvalue weighted by molar-refractivity contribution is -0.120. The first kappa shape index (κ1) is 25.1. The molecule has 0 bridgehead atoms. The average molecular weight is 503 g/mol. The summed E-state index contributed by atoms with van der Waals surface area (Å²) in [6.07, 6.45) is 8.43. The topological polar surface area (TPSA) is 122 Å². The van der Waals surface area contributed by atoms with Crippen LogP contribution in [0, 0.1) is 5.92 Å². The first-order valence-corrected chi connectivity index (χ1v) is 12.3. The van der Waals surface area contributed by atoms with Gasteiger partial charge in [-0.3, -0.25) is 9.48 Å². The number of aromatic nitrogens is 3. The minimum atomic E-state index is -0.939. The fraction of sp³-hybridized carbons (Fsp3) is 0.440. The quantitative estimate of drug-likeness (QED) is 0.327. The van der Waals surface area contributed by atoms with Crippen molar-refractivity contribution in [3.05, 3.63) is 53.8 Å². The van der Waals surface area contributed by atoms with Gasteiger partial charge in [0.15, 0.2) is 11.7 Å². The lowest BCUT2D eigenvalue weighted by atomic mass is 9.84. The molecule has 188 valence electrons. The van der Waals surface area contributed by atoms with E-state index in [2.05, 4.69) is 10.4 Å². The normalized spacial score (nSPS) is 16.1. The van der Waals surface area contributed by atoms with Gasteiger partial charge in [0, 0.05) is 18.3 Å². The van der Waals surface area contributed by atoms with Crippen molar-refractivity contribution >= 4 is 23.3 Å². The van der Waals surface area contributed by atoms with Crippen LogP contribution in [0.15, 0.2) is 48.8 Å². The van der Waals surface area contributed by atoms with Crippen molar-refractivity contribution in [2.75, 3.05) is 11.9 Å². The minimum Gasteiger partial charge on any atom is -0.494 e. The zero-order valence-electron chi connectivity index (χ0n) is 19.4. The summed E-state index contributed by atoms with van der Waals surface area (Å²) >= 11 is 6.20. The molecule has 0 unspecified atom stereocenters. The Kier molecular flexibility index (Phi) is 8.33. The number of nitrogens with one attached hydrogen (secondary N) is 1. The number of hydrogen-bond donors (Lipinski definition) is 4. The van der Waals surface area contributed by atoms with Crippen LogP contribution in [0.4, 0.5) is 5.82 Å². The van der Waals surface area contributed by atoms with Gasteiger partial charge in [0.25, 0.3) is 0 Å². The van der Waals surface area contributed by atoms with Gasteiger partial charge < -0.3 is 29.9 Å². The third kappa shape index (κ3) is 6.56. The van der Waals surface area contributed by atoms with E-state index in [0.717, 1.165) is 25.7 Å². The van der Waals surface area contributed by atoms with E-state index in [1.807, 2.05) is 0 Å². The van der Waals surface area contributed by atoms with E-state index in [1.165, 1.54) is 21.7 Å². The van der Waals surface area contributed by atoms with Gasteiger partial charge in [-0.2, -0.15) is 5.10 Å². The number of aliphatic hydroxyl groups is 2. The van der Waals surface area contributed by atoms with Gasteiger partial charge in [0.2, 0.25) is 5.91 Å². The Labute approximate surface area is 208 Å². The summed E-state index contributed by atoms with van der Waals surface area (Å²) in [5.74, 6) is 1.13. The molecule has 9 nitrogen and oxygen atoms in total. The fourth-order valence-corrected chi connectivity index (χ4v) is 4.68. The second kappa shape index (κ2) is 11.6. The number of halogens is 1. The molecule has 2 atom stereocenters. The number of anilines is 1. The van der Waals surface area contributed by atoms with Crippen LogP contribution >= 0.6 is 11.6 Å². The Morgan fingerprint density at radius 3 is 2.74 bits per heavy atom. The van der Waals surface area contributed by atoms with Gasteiger partial charge >= 0.3 is 0 Å². The van der Waals surface area contributed by atoms with E-state index in [9.17, 15) is 15.0 Å². The van der Waals surface area contributed by atoms with Gasteiger partial charge in [0.1, 0.15) is 17.5 Å². The number of rotatable bonds is 10. The lowest BCUT2D eigenvalue weighted by Gasteiger charge is -2.27. The van der Waals surface area contributed by atoms with E-state index in [-0.39, 0.29) is 24.9 Å². The maximum Gasteiger partial charge on any atom is 0.248 e. The zero-order valence-corrected chi connectivity index (χ0v) is 20.1. The number of nitrogens with zero attached hydrogens (tertiary/aromatic N) is 3. The number of carbonyl (C=O) groups excluding carboxylic acids is 1. The summed E-state index contributed by atoms with van der Waals surface area (Å²) in [7, 11) is 0. The number of ether oxygens (including phenoxy) is 1. The molecule has 3 aromatic rings. The van der Waals surface area contributed by atoms with Crippen LogP contribution < -0.4 is 10.1 Å². The van der Waals surface area contributed by atoms with Crippen LogP contribution in [0.3, 0.4) is 0 Å². The van der Waals surface area contributed by atoms with Crippen molar-refractivity contribution < 1.29 is 24.9 Å². The van der Waals surface area contributed by atoms with Crippen LogP contribution in [-0.4, -0.2) is 48.3 Å². The van der Waals surface area contributed by atoms with E-state index in [1.54, 1.807) is 42.7 Å². The van der Waals surface area contributed by atoms with Gasteiger partial charge in [-0.25, -0.2) is 0 Å². The highest BCUT2D eigenvalue weighted by Gasteiger charge is 2.28. The molecule has 4 N–H and O–H groups in total. The number of carbonyl (C=O) groups is 1. The van der Waals surface area contributed by atoms with Crippen LogP contribution in [0.5, 0.6) is 17.4 Å². The largest absolute Gasteiger partial charge is 0.494 e. The summed E-state index contributed by atoms with van der Waals surface area (Å²) in [6, 6.07) is 9.47. The smallest absolute Gasteiger partial charge is 0.248 e. The van der Waals surface area contributed by atoms with Crippen molar-refractivity contribution in [2.24, 2.45) is 5.92 Å². The highest BCUT2D eigenvalue weighted by atomic mass is 35.5. The summed E-state index contributed by atoms with van der Waals surface area (Å²) in [5.41, 5.74) is 0. The van der Waals surface area contributed by atoms with E-state index in [0.29, 0.717) is 34.7 Å². The van der Waals surface area contributed by atoms with Gasteiger partial charge in [-0.1, -0.05) is 55.8 Å². The van der Waals surface area contributed by atoms with Gasteiger partial charge in [0.05, 0.1) is 30.5 Å². The van der Waals surface area contributed by atoms with Gasteiger partial charge in [-0.15, -0.1) is 0 Å². The highest BCUT2D eigenvalue weighted by molar-refractivity contribution is 6.32. The Balaban J connectivity index is 1.54. The summed E-state index contributed by atoms with van der Waals surface area (Å²) in [6.45, 7) is -0.268. The fourth-order valence-electron chi connectivity index (χ4n) is 4.50. The molecule has 2 aromatic heterocycles. The highest BCUT2D eigenvalue weighted by Crippen LogP contribution is 2.37. The van der Waals surface area contributed by atoms with Crippen molar-refractivity contribution in [3.63, 3.8) is 0 Å². The molecule has 1 aliphatic rings. The summed E-state index contributed by atoms with van der Waals surface area (Å²) in [4.78, 5) is 13.4. The molecule has 1 fully saturated rings. The standard InChI is InChI=1S/C25H31ClN4O5/c26-20-8-4-5-9-22(20)35-19-13-24(33)30(15-19)21(12-17-6-2-1-3-7-17)25(34)27-23-10-11-29(28-23)14-18(32)16-31/h4-5,8-11,13,15,17-18,21,31-33H,1-3,6-7,12,14,16H2,(H,27,28,34)/t18-,21+/m1/s1. The van der Waals surface area contributed by atoms with Gasteiger partial charge in [-0.05, 0) is 24.5 Å². The first-order valence-electron chi connectivity index (χ1n) is 11.9. The van der Waals surface area contributed by atoms with E-state index in [4.69, 9.17) is 21.4 Å². The Morgan fingerprint density at radius 2 is 2.00 bits per heavy atom. The maximum absolute atomic E-state index is 13.4. The van der Waals surface area contributed by atoms with Crippen molar-refractivity contribution in [1.82, 2.24) is 14.3 Å². The molecule has 2 heterocycles. The second-order valence-electron chi connectivity index (χ2n) is 8.98. The molecule has 1 aliphatic carbocycles. The summed E-state index contributed by atoms with van der Waals surface area (Å²) in [5, 5.41) is 36.9. The van der Waals surface area contributed by atoms with Crippen molar-refractivity contribution in [1.29, 1.82) is 0 Å². The Hall–Kier alpha value is -3.01. The molecular formula is C25H31ClN4O5. The summed E-state index contributed by atoms with van der Waals surface area (Å²) < 4.78 is 8.84. The number of para-hydroxylation sites is 1. The number of amides is 1. The number of benzene rings is 1. The second-order valence-corrected chi connectivity index (χ2v) is 9.39. The SMILES string of the molecule is O=C(Nc1ccn(C[C@@H](O)CO)n1)[C@H](CC1CCCCC1)n1cc(Oc2ccccc2Cl)cc1O. The minimum absolute atomic E-state index is 0.0837. The monoisotopic (exact) mass is 502 g/mol. The molecule has 0 aliphatic heterocycles. The molecule has 0 spiro atoms. The number of hydrogen-bond acceptors (Lipinski definition) is 6. The number of aromatic hydroxyl groups is 1. The molecule has 35 heavy (non-hydrogen) atoms. The molecule has 1 saturated carbocycles. The van der Waals surface area contributed by atoms with Crippen LogP contribution in [0.2, 0.25) is 5.02 Å². The van der Waals surface area contributed by atoms with Crippen LogP contribution in [0.25, 0.3) is 0 Å². The van der Waals surface area contributed by atoms with Crippen LogP contribution in [0.1, 0.15) is 44.6 Å². The van der Waals surface area contributed by atoms with Crippen LogP contribution in [-0.2, 0) is 11.3 Å². The zero-order chi connectivity index (χ0) is 24.8. The molecule has 1 aromatic carbocycles. The van der Waals surface area contributed by atoms with Crippen molar-refractivity contribution in [2.45, 2.75) is 57.2 Å². The van der Waals surface area contributed by atoms with Crippen molar-refractivity contribution in [3.8, 4) is 17.4 Å². The predicted molar refractivity (Wildman–Crippen MR) is 132 cm³/mol. The first-order chi connectivity index (χ1) is 16.9. The molecule has 10 heteroatoms. The Bertz CT molecular complexity index is 1120. The third-order valence-corrected chi connectivity index (χ3v) is 6.60. The van der Waals surface area contributed by atoms with E-state index >= 15 is 0 Å². The van der Waals surface area contributed by atoms with E-state index < -0.39 is 12.1 Å².